The van der Waals surface area contributed by atoms with Crippen molar-refractivity contribution in [1.82, 2.24) is 9.47 Å². The Balaban J connectivity index is 1.57. The summed E-state index contributed by atoms with van der Waals surface area (Å²) in [5, 5.41) is 2.30. The first-order valence-corrected chi connectivity index (χ1v) is 13.0. The van der Waals surface area contributed by atoms with Gasteiger partial charge in [-0.2, -0.15) is 0 Å². The summed E-state index contributed by atoms with van der Waals surface area (Å²) < 4.78 is 2.18. The molecule has 0 unspecified atom stereocenters. The molecule has 35 heavy (non-hydrogen) atoms. The normalized spacial score (nSPS) is 19.0. The van der Waals surface area contributed by atoms with Gasteiger partial charge in [0.15, 0.2) is 11.6 Å². The minimum absolute atomic E-state index is 0.172. The second-order valence-electron chi connectivity index (χ2n) is 9.73. The fourth-order valence-electron chi connectivity index (χ4n) is 6.13. The Bertz CT molecular complexity index is 1420. The van der Waals surface area contributed by atoms with E-state index in [4.69, 9.17) is 23.2 Å². The van der Waals surface area contributed by atoms with E-state index in [2.05, 4.69) is 27.8 Å². The largest absolute Gasteiger partial charge is 0.351 e. The Morgan fingerprint density at radius 3 is 2.20 bits per heavy atom. The zero-order valence-corrected chi connectivity index (χ0v) is 21.1. The number of halogens is 2. The Hall–Kier alpha value is -2.82. The summed E-state index contributed by atoms with van der Waals surface area (Å²) in [4.78, 5) is 28.9. The lowest BCUT2D eigenvalue weighted by molar-refractivity contribution is -0.117. The van der Waals surface area contributed by atoms with E-state index in [9.17, 15) is 9.59 Å². The molecule has 0 saturated heterocycles. The molecule has 0 radical (unpaired) electrons. The quantitative estimate of drug-likeness (QED) is 0.384. The molecule has 6 rings (SSSR count). The molecule has 2 aromatic carbocycles. The molecule has 6 heteroatoms. The van der Waals surface area contributed by atoms with Crippen LogP contribution in [-0.4, -0.2) is 28.1 Å². The maximum Gasteiger partial charge on any atom is 0.161 e. The molecular weight excluding hydrogens is 479 g/mol. The molecule has 0 spiro atoms. The number of nitrogens with zero attached hydrogens (tertiary/aromatic N) is 2. The average molecular weight is 505 g/mol. The van der Waals surface area contributed by atoms with Crippen LogP contribution in [0.2, 0.25) is 10.0 Å². The standard InChI is InChI=1S/C29H26Cl2N2O2/c1-32-23-8-4-10-25(34)28(23)27(29-24(32)9-5-11-26(29)35)20-16-33(22-7-3-2-6-19(20)22)15-17-12-13-18(30)14-21(17)31/h2-3,6-7,12-14,16,27H,4-5,8-11,15H2,1H3. The molecule has 1 aromatic heterocycles. The van der Waals surface area contributed by atoms with Crippen LogP contribution < -0.4 is 0 Å². The van der Waals surface area contributed by atoms with Gasteiger partial charge < -0.3 is 9.47 Å². The van der Waals surface area contributed by atoms with Crippen LogP contribution >= 0.6 is 23.2 Å². The van der Waals surface area contributed by atoms with Crippen molar-refractivity contribution in [3.63, 3.8) is 0 Å². The predicted octanol–water partition coefficient (Wildman–Crippen LogP) is 7.04. The molecule has 0 fully saturated rings. The molecule has 1 aliphatic heterocycles. The first kappa shape index (κ1) is 22.6. The van der Waals surface area contributed by atoms with Crippen LogP contribution in [0.1, 0.15) is 55.6 Å². The van der Waals surface area contributed by atoms with Crippen molar-refractivity contribution in [2.45, 2.75) is 51.0 Å². The molecular formula is C29H26Cl2N2O2. The van der Waals surface area contributed by atoms with Crippen LogP contribution in [0.5, 0.6) is 0 Å². The minimum Gasteiger partial charge on any atom is -0.351 e. The van der Waals surface area contributed by atoms with Gasteiger partial charge in [-0.3, -0.25) is 9.59 Å². The van der Waals surface area contributed by atoms with Gasteiger partial charge in [-0.1, -0.05) is 47.5 Å². The van der Waals surface area contributed by atoms with Gasteiger partial charge in [0.1, 0.15) is 0 Å². The number of fused-ring (bicyclic) bond motifs is 1. The highest BCUT2D eigenvalue weighted by Gasteiger charge is 2.43. The lowest BCUT2D eigenvalue weighted by atomic mass is 9.71. The van der Waals surface area contributed by atoms with E-state index in [0.717, 1.165) is 70.3 Å². The molecule has 2 heterocycles. The van der Waals surface area contributed by atoms with Gasteiger partial charge in [-0.05, 0) is 55.0 Å². The van der Waals surface area contributed by atoms with Crippen molar-refractivity contribution in [2.24, 2.45) is 0 Å². The summed E-state index contributed by atoms with van der Waals surface area (Å²) in [5.74, 6) is 0.0276. The van der Waals surface area contributed by atoms with Gasteiger partial charge in [-0.25, -0.2) is 0 Å². The first-order valence-electron chi connectivity index (χ1n) is 12.2. The van der Waals surface area contributed by atoms with Crippen molar-refractivity contribution in [3.8, 4) is 0 Å². The molecule has 0 N–H and O–H groups in total. The Morgan fingerprint density at radius 1 is 0.886 bits per heavy atom. The summed E-state index contributed by atoms with van der Waals surface area (Å²) in [6.45, 7) is 0.572. The Morgan fingerprint density at radius 2 is 1.54 bits per heavy atom. The van der Waals surface area contributed by atoms with E-state index < -0.39 is 0 Å². The van der Waals surface area contributed by atoms with Crippen LogP contribution in [0.3, 0.4) is 0 Å². The summed E-state index contributed by atoms with van der Waals surface area (Å²) in [5.41, 5.74) is 6.89. The number of Topliss-reactive ketones (excluding diaryl/α,β-unsaturated/α-hetero) is 2. The van der Waals surface area contributed by atoms with Crippen molar-refractivity contribution < 1.29 is 9.59 Å². The second kappa shape index (κ2) is 8.69. The van der Waals surface area contributed by atoms with Crippen LogP contribution in [0.25, 0.3) is 10.9 Å². The van der Waals surface area contributed by atoms with E-state index >= 15 is 0 Å². The van der Waals surface area contributed by atoms with Gasteiger partial charge in [-0.15, -0.1) is 0 Å². The van der Waals surface area contributed by atoms with Crippen molar-refractivity contribution in [3.05, 3.63) is 92.4 Å². The smallest absolute Gasteiger partial charge is 0.161 e. The molecule has 0 amide bonds. The molecule has 178 valence electrons. The van der Waals surface area contributed by atoms with E-state index in [1.165, 1.54) is 0 Å². The van der Waals surface area contributed by atoms with E-state index in [-0.39, 0.29) is 17.5 Å². The highest BCUT2D eigenvalue weighted by molar-refractivity contribution is 6.35. The molecule has 2 aliphatic carbocycles. The Labute approximate surface area is 214 Å². The third-order valence-corrected chi connectivity index (χ3v) is 8.32. The zero-order chi connectivity index (χ0) is 24.3. The highest BCUT2D eigenvalue weighted by Crippen LogP contribution is 2.50. The van der Waals surface area contributed by atoms with Gasteiger partial charge >= 0.3 is 0 Å². The maximum atomic E-state index is 13.4. The minimum atomic E-state index is -0.316. The molecule has 3 aliphatic rings. The van der Waals surface area contributed by atoms with Crippen LogP contribution in [0, 0.1) is 0 Å². The fourth-order valence-corrected chi connectivity index (χ4v) is 6.60. The number of hydrogen-bond acceptors (Lipinski definition) is 3. The third-order valence-electron chi connectivity index (χ3n) is 7.73. The third kappa shape index (κ3) is 3.66. The number of allylic oxidation sites excluding steroid dienone is 4. The first-order chi connectivity index (χ1) is 16.9. The second-order valence-corrected chi connectivity index (χ2v) is 10.6. The molecule has 4 nitrogen and oxygen atoms in total. The van der Waals surface area contributed by atoms with Crippen molar-refractivity contribution >= 4 is 45.7 Å². The molecule has 0 atom stereocenters. The number of para-hydroxylation sites is 1. The van der Waals surface area contributed by atoms with E-state index in [1.54, 1.807) is 6.07 Å². The Kier molecular flexibility index (Phi) is 5.62. The van der Waals surface area contributed by atoms with Gasteiger partial charge in [0.05, 0.1) is 0 Å². The number of carbonyl (C=O) groups excluding carboxylic acids is 2. The summed E-state index contributed by atoms with van der Waals surface area (Å²) in [7, 11) is 2.03. The lowest BCUT2D eigenvalue weighted by Gasteiger charge is -2.42. The number of ketones is 2. The average Bonchev–Trinajstić information content (AvgIpc) is 3.20. The lowest BCUT2D eigenvalue weighted by Crippen LogP contribution is -2.37. The van der Waals surface area contributed by atoms with E-state index in [0.29, 0.717) is 29.4 Å². The van der Waals surface area contributed by atoms with Crippen molar-refractivity contribution in [2.75, 3.05) is 7.05 Å². The monoisotopic (exact) mass is 504 g/mol. The SMILES string of the molecule is CN1C2=C(C(=O)CCC2)C(c2cn(Cc3ccc(Cl)cc3Cl)c3ccccc23)C2=C1CCCC2=O. The maximum absolute atomic E-state index is 13.4. The van der Waals surface area contributed by atoms with Crippen LogP contribution in [-0.2, 0) is 16.1 Å². The summed E-state index contributed by atoms with van der Waals surface area (Å²) in [6, 6.07) is 13.8. The summed E-state index contributed by atoms with van der Waals surface area (Å²) in [6.07, 6.45) is 6.68. The zero-order valence-electron chi connectivity index (χ0n) is 19.6. The number of benzene rings is 2. The molecule has 0 bridgehead atoms. The van der Waals surface area contributed by atoms with Crippen LogP contribution in [0.15, 0.2) is 71.2 Å². The predicted molar refractivity (Wildman–Crippen MR) is 140 cm³/mol. The van der Waals surface area contributed by atoms with Gasteiger partial charge in [0, 0.05) is 82.0 Å². The molecule has 3 aromatic rings. The number of aromatic nitrogens is 1. The van der Waals surface area contributed by atoms with Gasteiger partial charge in [0.25, 0.3) is 0 Å². The summed E-state index contributed by atoms with van der Waals surface area (Å²) >= 11 is 12.6. The molecule has 0 saturated carbocycles. The van der Waals surface area contributed by atoms with E-state index in [1.807, 2.05) is 31.3 Å². The van der Waals surface area contributed by atoms with Gasteiger partial charge in [0.2, 0.25) is 0 Å². The topological polar surface area (TPSA) is 42.3 Å². The van der Waals surface area contributed by atoms with Crippen LogP contribution in [0.4, 0.5) is 0 Å². The number of rotatable bonds is 3. The fraction of sp³-hybridized carbons (Fsp3) is 0.310. The number of hydrogen-bond donors (Lipinski definition) is 0. The number of carbonyl (C=O) groups is 2. The van der Waals surface area contributed by atoms with Crippen molar-refractivity contribution in [1.29, 1.82) is 0 Å². The highest BCUT2D eigenvalue weighted by atomic mass is 35.5.